The van der Waals surface area contributed by atoms with Gasteiger partial charge in [-0.15, -0.1) is 0 Å². The molecule has 1 aliphatic heterocycles. The summed E-state index contributed by atoms with van der Waals surface area (Å²) in [6, 6.07) is 22.1. The molecular weight excluding hydrogens is 719 g/mol. The first-order chi connectivity index (χ1) is 26.1. The fourth-order valence-electron chi connectivity index (χ4n) is 7.22. The minimum Gasteiger partial charge on any atom is -0.468 e. The van der Waals surface area contributed by atoms with Gasteiger partial charge in [-0.05, 0) is 85.7 Å². The molecule has 6 rings (SSSR count). The lowest BCUT2D eigenvalue weighted by molar-refractivity contribution is -0.155. The first-order valence-corrected chi connectivity index (χ1v) is 18.0. The van der Waals surface area contributed by atoms with E-state index in [-0.39, 0.29) is 55.2 Å². The number of ether oxygens (including phenoxy) is 1. The summed E-state index contributed by atoms with van der Waals surface area (Å²) in [5.41, 5.74) is 0.739. The van der Waals surface area contributed by atoms with E-state index in [4.69, 9.17) is 4.74 Å². The summed E-state index contributed by atoms with van der Waals surface area (Å²) in [6.07, 6.45) is -3.13. The number of benzene rings is 4. The summed E-state index contributed by atoms with van der Waals surface area (Å²) in [7, 11) is 1.35. The monoisotopic (exact) mass is 760 g/mol. The van der Waals surface area contributed by atoms with Crippen LogP contribution in [0.25, 0.3) is 22.0 Å². The number of hydrogen-bond acceptors (Lipinski definition) is 6. The number of rotatable bonds is 11. The van der Waals surface area contributed by atoms with Crippen molar-refractivity contribution in [1.29, 1.82) is 0 Å². The number of halogens is 5. The summed E-state index contributed by atoms with van der Waals surface area (Å²) in [4.78, 5) is 48.5. The van der Waals surface area contributed by atoms with Crippen molar-refractivity contribution < 1.29 is 36.3 Å². The van der Waals surface area contributed by atoms with Gasteiger partial charge in [0.15, 0.2) is 0 Å². The van der Waals surface area contributed by atoms with Gasteiger partial charge in [0.05, 0.1) is 23.6 Å². The van der Waals surface area contributed by atoms with Gasteiger partial charge in [-0.25, -0.2) is 8.78 Å². The molecule has 8 nitrogen and oxygen atoms in total. The van der Waals surface area contributed by atoms with Crippen LogP contribution in [0, 0.1) is 11.6 Å². The van der Waals surface area contributed by atoms with E-state index in [2.05, 4.69) is 4.98 Å². The summed E-state index contributed by atoms with van der Waals surface area (Å²) in [6.45, 7) is 4.65. The van der Waals surface area contributed by atoms with Crippen LogP contribution in [-0.2, 0) is 46.4 Å². The summed E-state index contributed by atoms with van der Waals surface area (Å²) in [5.74, 6) is -1.78. The third-order valence-corrected chi connectivity index (χ3v) is 10.4. The number of aryl methyl sites for hydroxylation is 2. The molecule has 1 aromatic heterocycles. The highest BCUT2D eigenvalue weighted by atomic mass is 19.4. The molecule has 0 atom stereocenters. The molecule has 1 saturated heterocycles. The number of nitrogens with zero attached hydrogens (tertiary/aromatic N) is 4. The number of para-hydroxylation sites is 1. The molecule has 0 radical (unpaired) electrons. The Bertz CT molecular complexity index is 2230. The van der Waals surface area contributed by atoms with Crippen LogP contribution in [0.5, 0.6) is 0 Å². The second kappa shape index (κ2) is 16.1. The molecule has 0 bridgehead atoms. The number of methoxy groups -OCH3 is 1. The summed E-state index contributed by atoms with van der Waals surface area (Å²) >= 11 is 0. The van der Waals surface area contributed by atoms with Gasteiger partial charge in [0.1, 0.15) is 29.5 Å². The van der Waals surface area contributed by atoms with Crippen molar-refractivity contribution in [3.8, 4) is 11.1 Å². The summed E-state index contributed by atoms with van der Waals surface area (Å²) < 4.78 is 74.3. The molecule has 55 heavy (non-hydrogen) atoms. The quantitative estimate of drug-likeness (QED) is 0.102. The minimum atomic E-state index is -4.44. The number of esters is 1. The average molecular weight is 761 g/mol. The number of hydrogen-bond donors (Lipinski definition) is 0. The number of fused-ring (bicyclic) bond motifs is 1. The fourth-order valence-corrected chi connectivity index (χ4v) is 7.22. The summed E-state index contributed by atoms with van der Waals surface area (Å²) in [5, 5.41) is 0.316. The van der Waals surface area contributed by atoms with Crippen molar-refractivity contribution in [3.05, 3.63) is 135 Å². The van der Waals surface area contributed by atoms with Gasteiger partial charge in [-0.2, -0.15) is 18.2 Å². The molecule has 1 aliphatic rings. The Morgan fingerprint density at radius 3 is 2.13 bits per heavy atom. The smallest absolute Gasteiger partial charge is 0.416 e. The van der Waals surface area contributed by atoms with E-state index in [0.717, 1.165) is 29.8 Å². The first kappa shape index (κ1) is 39.3. The molecule has 0 unspecified atom stereocenters. The number of piperidine rings is 1. The fraction of sp³-hybridized carbons (Fsp3) is 0.333. The van der Waals surface area contributed by atoms with E-state index in [1.165, 1.54) is 25.3 Å². The van der Waals surface area contributed by atoms with Crippen LogP contribution in [0.2, 0.25) is 0 Å². The van der Waals surface area contributed by atoms with Crippen molar-refractivity contribution in [2.45, 2.75) is 70.4 Å². The highest BCUT2D eigenvalue weighted by molar-refractivity contribution is 5.82. The van der Waals surface area contributed by atoms with E-state index in [0.29, 0.717) is 48.0 Å². The standard InChI is InChI=1S/C42H41F5N4O4/c1-41(2,40(54)55-3)49-22-20-33(21-23-49)50(25-27-8-10-28(11-9-27)29-12-16-31(17-13-29)42(45,46)47)38(52)26-51-36-7-5-4-6-34(36)39(53)48-37(51)19-15-30-14-18-32(43)24-35(30)44/h4-14,16-18,24,33H,15,19-23,25-26H2,1-3H3. The predicted octanol–water partition coefficient (Wildman–Crippen LogP) is 7.59. The van der Waals surface area contributed by atoms with E-state index in [1.54, 1.807) is 59.7 Å². The molecule has 0 saturated carbocycles. The molecule has 1 fully saturated rings. The molecule has 288 valence electrons. The zero-order valence-electron chi connectivity index (χ0n) is 30.7. The Balaban J connectivity index is 1.30. The predicted molar refractivity (Wildman–Crippen MR) is 198 cm³/mol. The van der Waals surface area contributed by atoms with E-state index < -0.39 is 34.5 Å². The minimum absolute atomic E-state index is 0.0995. The molecule has 13 heteroatoms. The highest BCUT2D eigenvalue weighted by Gasteiger charge is 2.39. The first-order valence-electron chi connectivity index (χ1n) is 18.0. The number of likely N-dealkylation sites (tertiary alicyclic amines) is 1. The normalized spacial score (nSPS) is 14.3. The number of alkyl halides is 3. The van der Waals surface area contributed by atoms with Crippen LogP contribution < -0.4 is 5.56 Å². The van der Waals surface area contributed by atoms with Gasteiger partial charge in [0, 0.05) is 38.2 Å². The van der Waals surface area contributed by atoms with Crippen LogP contribution in [-0.4, -0.2) is 63.0 Å². The lowest BCUT2D eigenvalue weighted by Crippen LogP contribution is -2.56. The van der Waals surface area contributed by atoms with E-state index in [1.807, 2.05) is 17.0 Å². The number of aromatic nitrogens is 2. The molecule has 0 aliphatic carbocycles. The topological polar surface area (TPSA) is 84.7 Å². The van der Waals surface area contributed by atoms with Crippen molar-refractivity contribution in [3.63, 3.8) is 0 Å². The van der Waals surface area contributed by atoms with Crippen LogP contribution in [0.4, 0.5) is 22.0 Å². The molecule has 1 amide bonds. The number of carbonyl (C=O) groups excluding carboxylic acids is 2. The average Bonchev–Trinajstić information content (AvgIpc) is 3.17. The molecule has 2 heterocycles. The number of carbonyl (C=O) groups is 2. The van der Waals surface area contributed by atoms with Crippen LogP contribution >= 0.6 is 0 Å². The van der Waals surface area contributed by atoms with Crippen molar-refractivity contribution in [1.82, 2.24) is 19.4 Å². The lowest BCUT2D eigenvalue weighted by atomic mass is 9.95. The maximum absolute atomic E-state index is 14.6. The Morgan fingerprint density at radius 2 is 1.51 bits per heavy atom. The number of amides is 1. The van der Waals surface area contributed by atoms with Crippen molar-refractivity contribution in [2.24, 2.45) is 0 Å². The maximum Gasteiger partial charge on any atom is 0.416 e. The van der Waals surface area contributed by atoms with E-state index >= 15 is 0 Å². The molecular formula is C42H41F5N4O4. The van der Waals surface area contributed by atoms with Crippen molar-refractivity contribution >= 4 is 22.8 Å². The van der Waals surface area contributed by atoms with Crippen LogP contribution in [0.15, 0.2) is 95.8 Å². The van der Waals surface area contributed by atoms with Gasteiger partial charge >= 0.3 is 12.1 Å². The molecule has 4 aromatic carbocycles. The van der Waals surface area contributed by atoms with Gasteiger partial charge in [0.2, 0.25) is 5.91 Å². The lowest BCUT2D eigenvalue weighted by Gasteiger charge is -2.44. The largest absolute Gasteiger partial charge is 0.468 e. The maximum atomic E-state index is 14.6. The van der Waals surface area contributed by atoms with E-state index in [9.17, 15) is 36.3 Å². The van der Waals surface area contributed by atoms with Gasteiger partial charge < -0.3 is 14.2 Å². The zero-order valence-corrected chi connectivity index (χ0v) is 30.7. The van der Waals surface area contributed by atoms with Gasteiger partial charge in [-0.1, -0.05) is 54.6 Å². The second-order valence-corrected chi connectivity index (χ2v) is 14.2. The third kappa shape index (κ3) is 8.77. The third-order valence-electron chi connectivity index (χ3n) is 10.4. The SMILES string of the molecule is COC(=O)C(C)(C)N1CCC(N(Cc2ccc(-c3ccc(C(F)(F)F)cc3)cc2)C(=O)Cn2c(CCc3ccc(F)cc3F)nc(=O)c3ccccc32)CC1. The van der Waals surface area contributed by atoms with Crippen LogP contribution in [0.3, 0.4) is 0 Å². The Labute approximate surface area is 315 Å². The Hall–Kier alpha value is -5.43. The Morgan fingerprint density at radius 1 is 0.873 bits per heavy atom. The molecule has 0 N–H and O–H groups in total. The molecule has 5 aromatic rings. The van der Waals surface area contributed by atoms with Gasteiger partial charge in [-0.3, -0.25) is 19.3 Å². The second-order valence-electron chi connectivity index (χ2n) is 14.2. The molecule has 0 spiro atoms. The van der Waals surface area contributed by atoms with Gasteiger partial charge in [0.25, 0.3) is 5.56 Å². The van der Waals surface area contributed by atoms with Crippen LogP contribution in [0.1, 0.15) is 49.2 Å². The van der Waals surface area contributed by atoms with Crippen molar-refractivity contribution in [2.75, 3.05) is 20.2 Å². The Kier molecular flexibility index (Phi) is 11.5. The zero-order chi connectivity index (χ0) is 39.5. The highest BCUT2D eigenvalue weighted by Crippen LogP contribution is 2.32.